The number of halogens is 1. The largest absolute Gasteiger partial charge is 0.329 e. The molecule has 0 saturated heterocycles. The van der Waals surface area contributed by atoms with Crippen molar-refractivity contribution in [1.82, 2.24) is 14.9 Å². The highest BCUT2D eigenvalue weighted by Crippen LogP contribution is 2.23. The number of amides is 1. The number of carbonyl (C=O) groups is 1. The zero-order chi connectivity index (χ0) is 12.5. The number of aromatic nitrogens is 2. The van der Waals surface area contributed by atoms with Crippen LogP contribution in [0.25, 0.3) is 0 Å². The first-order valence-corrected chi connectivity index (χ1v) is 5.95. The molecule has 0 radical (unpaired) electrons. The van der Waals surface area contributed by atoms with Gasteiger partial charge in [0.15, 0.2) is 0 Å². The summed E-state index contributed by atoms with van der Waals surface area (Å²) in [6.07, 6.45) is 1.30. The fourth-order valence-electron chi connectivity index (χ4n) is 2.09. The maximum atomic E-state index is 12.2. The van der Waals surface area contributed by atoms with E-state index < -0.39 is 0 Å². The van der Waals surface area contributed by atoms with Crippen LogP contribution in [0, 0.1) is 0 Å². The monoisotopic (exact) mass is 259 g/mol. The summed E-state index contributed by atoms with van der Waals surface area (Å²) < 4.78 is 0. The molecule has 0 fully saturated rings. The van der Waals surface area contributed by atoms with Gasteiger partial charge in [0.2, 0.25) is 0 Å². The third-order valence-electron chi connectivity index (χ3n) is 2.98. The first-order chi connectivity index (χ1) is 8.74. The van der Waals surface area contributed by atoms with Crippen LogP contribution in [0.3, 0.4) is 0 Å². The summed E-state index contributed by atoms with van der Waals surface area (Å²) in [7, 11) is 0. The predicted molar refractivity (Wildman–Crippen MR) is 67.1 cm³/mol. The molecule has 1 aliphatic rings. The lowest BCUT2D eigenvalue weighted by Gasteiger charge is -2.14. The smallest absolute Gasteiger partial charge is 0.273 e. The van der Waals surface area contributed by atoms with Crippen molar-refractivity contribution in [1.29, 1.82) is 0 Å². The molecule has 1 amide bonds. The van der Waals surface area contributed by atoms with Crippen LogP contribution in [0.15, 0.2) is 36.7 Å². The van der Waals surface area contributed by atoms with E-state index in [0.717, 1.165) is 0 Å². The fourth-order valence-corrected chi connectivity index (χ4v) is 2.24. The number of rotatable bonds is 1. The third-order valence-corrected chi connectivity index (χ3v) is 3.19. The molecule has 0 saturated carbocycles. The summed E-state index contributed by atoms with van der Waals surface area (Å²) in [6.45, 7) is 1.24. The van der Waals surface area contributed by atoms with E-state index in [1.54, 1.807) is 4.90 Å². The van der Waals surface area contributed by atoms with Crippen molar-refractivity contribution in [3.8, 4) is 0 Å². The normalized spacial score (nSPS) is 13.5. The summed E-state index contributed by atoms with van der Waals surface area (Å²) in [6, 6.07) is 9.53. The van der Waals surface area contributed by atoms with E-state index in [1.807, 2.05) is 24.3 Å². The Labute approximate surface area is 109 Å². The van der Waals surface area contributed by atoms with Crippen LogP contribution in [0.5, 0.6) is 0 Å². The van der Waals surface area contributed by atoms with Gasteiger partial charge in [-0.2, -0.15) is 0 Å². The zero-order valence-corrected chi connectivity index (χ0v) is 10.3. The molecule has 2 heterocycles. The van der Waals surface area contributed by atoms with Crippen LogP contribution in [-0.2, 0) is 13.1 Å². The van der Waals surface area contributed by atoms with Crippen molar-refractivity contribution in [2.24, 2.45) is 0 Å². The summed E-state index contributed by atoms with van der Waals surface area (Å²) >= 11 is 5.76. The molecular formula is C13H10ClN3O. The van der Waals surface area contributed by atoms with Gasteiger partial charge >= 0.3 is 0 Å². The molecule has 18 heavy (non-hydrogen) atoms. The van der Waals surface area contributed by atoms with E-state index in [0.29, 0.717) is 18.8 Å². The van der Waals surface area contributed by atoms with Crippen LogP contribution < -0.4 is 0 Å². The molecular weight excluding hydrogens is 250 g/mol. The lowest BCUT2D eigenvalue weighted by Crippen LogP contribution is -2.26. The minimum Gasteiger partial charge on any atom is -0.329 e. The average Bonchev–Trinajstić information content (AvgIpc) is 2.81. The van der Waals surface area contributed by atoms with Crippen molar-refractivity contribution < 1.29 is 4.79 Å². The molecule has 3 rings (SSSR count). The van der Waals surface area contributed by atoms with E-state index in [-0.39, 0.29) is 11.1 Å². The van der Waals surface area contributed by atoms with Crippen LogP contribution in [0.4, 0.5) is 0 Å². The Kier molecular flexibility index (Phi) is 2.72. The van der Waals surface area contributed by atoms with E-state index in [9.17, 15) is 4.79 Å². The molecule has 0 unspecified atom stereocenters. The van der Waals surface area contributed by atoms with Crippen LogP contribution in [-0.4, -0.2) is 20.8 Å². The van der Waals surface area contributed by atoms with Crippen molar-refractivity contribution >= 4 is 17.5 Å². The molecule has 0 N–H and O–H groups in total. The highest BCUT2D eigenvalue weighted by Gasteiger charge is 2.24. The van der Waals surface area contributed by atoms with Crippen LogP contribution >= 0.6 is 11.6 Å². The maximum Gasteiger partial charge on any atom is 0.273 e. The Morgan fingerprint density at radius 3 is 2.44 bits per heavy atom. The van der Waals surface area contributed by atoms with E-state index >= 15 is 0 Å². The second kappa shape index (κ2) is 4.38. The summed E-state index contributed by atoms with van der Waals surface area (Å²) in [5.41, 5.74) is 2.71. The molecule has 90 valence electrons. The first-order valence-electron chi connectivity index (χ1n) is 5.57. The topological polar surface area (TPSA) is 46.1 Å². The molecule has 0 aliphatic carbocycles. The number of benzene rings is 1. The van der Waals surface area contributed by atoms with E-state index in [1.165, 1.54) is 23.5 Å². The van der Waals surface area contributed by atoms with E-state index in [4.69, 9.17) is 11.6 Å². The number of fused-ring (bicyclic) bond motifs is 1. The third kappa shape index (κ3) is 1.95. The van der Waals surface area contributed by atoms with Crippen LogP contribution in [0.2, 0.25) is 5.15 Å². The van der Waals surface area contributed by atoms with E-state index in [2.05, 4.69) is 9.97 Å². The van der Waals surface area contributed by atoms with Crippen molar-refractivity contribution in [3.63, 3.8) is 0 Å². The van der Waals surface area contributed by atoms with Gasteiger partial charge in [-0.1, -0.05) is 35.9 Å². The molecule has 0 atom stereocenters. The molecule has 1 aromatic carbocycles. The van der Waals surface area contributed by atoms with Crippen LogP contribution in [0.1, 0.15) is 21.6 Å². The lowest BCUT2D eigenvalue weighted by molar-refractivity contribution is 0.0745. The lowest BCUT2D eigenvalue weighted by atomic mass is 10.1. The van der Waals surface area contributed by atoms with Gasteiger partial charge in [-0.05, 0) is 11.1 Å². The second-order valence-corrected chi connectivity index (χ2v) is 4.54. The number of carbonyl (C=O) groups excluding carboxylic acids is 1. The summed E-state index contributed by atoms with van der Waals surface area (Å²) in [5, 5.41) is 0.282. The van der Waals surface area contributed by atoms with Gasteiger partial charge in [0.1, 0.15) is 17.2 Å². The first kappa shape index (κ1) is 11.2. The summed E-state index contributed by atoms with van der Waals surface area (Å²) in [5.74, 6) is -0.115. The van der Waals surface area contributed by atoms with Crippen molar-refractivity contribution in [3.05, 3.63) is 58.6 Å². The quantitative estimate of drug-likeness (QED) is 0.738. The average molecular weight is 260 g/mol. The zero-order valence-electron chi connectivity index (χ0n) is 9.51. The molecule has 5 heteroatoms. The van der Waals surface area contributed by atoms with Gasteiger partial charge in [-0.25, -0.2) is 9.97 Å². The predicted octanol–water partition coefficient (Wildman–Crippen LogP) is 2.29. The summed E-state index contributed by atoms with van der Waals surface area (Å²) in [4.78, 5) is 21.7. The Bertz CT molecular complexity index is 590. The highest BCUT2D eigenvalue weighted by atomic mass is 35.5. The number of hydrogen-bond donors (Lipinski definition) is 0. The number of nitrogens with zero attached hydrogens (tertiary/aromatic N) is 3. The van der Waals surface area contributed by atoms with Gasteiger partial charge in [0.25, 0.3) is 5.91 Å². The van der Waals surface area contributed by atoms with Crippen molar-refractivity contribution in [2.45, 2.75) is 13.1 Å². The standard InChI is InChI=1S/C13H10ClN3O/c14-12-5-11(15-8-16-12)13(18)17-6-9-3-1-2-4-10(9)7-17/h1-5,8H,6-7H2. The molecule has 1 aromatic heterocycles. The van der Waals surface area contributed by atoms with Gasteiger partial charge in [-0.15, -0.1) is 0 Å². The van der Waals surface area contributed by atoms with Gasteiger partial charge in [-0.3, -0.25) is 4.79 Å². The minimum absolute atomic E-state index is 0.115. The maximum absolute atomic E-state index is 12.2. The van der Waals surface area contributed by atoms with Crippen molar-refractivity contribution in [2.75, 3.05) is 0 Å². The highest BCUT2D eigenvalue weighted by molar-refractivity contribution is 6.29. The Morgan fingerprint density at radius 2 is 1.83 bits per heavy atom. The van der Waals surface area contributed by atoms with Gasteiger partial charge in [0, 0.05) is 19.2 Å². The molecule has 0 bridgehead atoms. The Balaban J connectivity index is 1.84. The molecule has 4 nitrogen and oxygen atoms in total. The molecule has 0 spiro atoms. The molecule has 2 aromatic rings. The Morgan fingerprint density at radius 1 is 1.17 bits per heavy atom. The van der Waals surface area contributed by atoms with Gasteiger partial charge < -0.3 is 4.90 Å². The van der Waals surface area contributed by atoms with Gasteiger partial charge in [0.05, 0.1) is 0 Å². The Hall–Kier alpha value is -1.94. The number of hydrogen-bond acceptors (Lipinski definition) is 3. The second-order valence-electron chi connectivity index (χ2n) is 4.16. The minimum atomic E-state index is -0.115. The molecule has 1 aliphatic heterocycles. The fraction of sp³-hybridized carbons (Fsp3) is 0.154. The SMILES string of the molecule is O=C(c1cc(Cl)ncn1)N1Cc2ccccc2C1.